The van der Waals surface area contributed by atoms with Gasteiger partial charge in [0.25, 0.3) is 0 Å². The number of rotatable bonds is 5. The van der Waals surface area contributed by atoms with Crippen molar-refractivity contribution < 1.29 is 4.79 Å². The van der Waals surface area contributed by atoms with E-state index in [1.54, 1.807) is 0 Å². The molecule has 0 fully saturated rings. The summed E-state index contributed by atoms with van der Waals surface area (Å²) in [4.78, 5) is 10.7. The van der Waals surface area contributed by atoms with E-state index in [-0.39, 0.29) is 0 Å². The van der Waals surface area contributed by atoms with Crippen LogP contribution in [0.1, 0.15) is 46.5 Å². The highest BCUT2D eigenvalue weighted by Crippen LogP contribution is 2.23. The lowest BCUT2D eigenvalue weighted by Gasteiger charge is -2.18. The molecule has 1 radical (unpaired) electrons. The second-order valence-electron chi connectivity index (χ2n) is 3.67. The molecule has 0 aromatic carbocycles. The first-order valence-electron chi connectivity index (χ1n) is 4.26. The summed E-state index contributed by atoms with van der Waals surface area (Å²) in [7, 11) is 0. The fourth-order valence-corrected chi connectivity index (χ4v) is 0.930. The van der Waals surface area contributed by atoms with Crippen molar-refractivity contribution in [3.63, 3.8) is 0 Å². The summed E-state index contributed by atoms with van der Waals surface area (Å²) < 4.78 is 0. The second kappa shape index (κ2) is 4.37. The van der Waals surface area contributed by atoms with E-state index in [9.17, 15) is 4.79 Å². The van der Waals surface area contributed by atoms with Crippen molar-refractivity contribution in [1.29, 1.82) is 0 Å². The summed E-state index contributed by atoms with van der Waals surface area (Å²) in [6.45, 7) is 5.82. The molecule has 0 atom stereocenters. The lowest BCUT2D eigenvalue weighted by Crippen LogP contribution is -2.24. The Bertz CT molecular complexity index is 130. The monoisotopic (exact) mass is 156 g/mol. The summed E-state index contributed by atoms with van der Waals surface area (Å²) in [5.74, 6) is -0.436. The van der Waals surface area contributed by atoms with Gasteiger partial charge < -0.3 is 0 Å². The van der Waals surface area contributed by atoms with E-state index < -0.39 is 11.3 Å². The van der Waals surface area contributed by atoms with Crippen molar-refractivity contribution in [2.45, 2.75) is 46.5 Å². The highest BCUT2D eigenvalue weighted by atomic mass is 16.1. The summed E-state index contributed by atoms with van der Waals surface area (Å²) in [6.07, 6.45) is 4.25. The zero-order valence-corrected chi connectivity index (χ0v) is 7.74. The van der Waals surface area contributed by atoms with Crippen LogP contribution in [-0.4, -0.2) is 5.91 Å². The largest absolute Gasteiger partial charge is 0.273 e. The van der Waals surface area contributed by atoms with Gasteiger partial charge >= 0.3 is 0 Å². The molecule has 0 heterocycles. The van der Waals surface area contributed by atoms with Gasteiger partial charge in [0, 0.05) is 5.41 Å². The van der Waals surface area contributed by atoms with Crippen LogP contribution in [0.3, 0.4) is 0 Å². The van der Waals surface area contributed by atoms with Crippen LogP contribution in [-0.2, 0) is 4.79 Å². The van der Waals surface area contributed by atoms with E-state index in [0.717, 1.165) is 19.3 Å². The smallest absolute Gasteiger partial charge is 0.244 e. The second-order valence-corrected chi connectivity index (χ2v) is 3.67. The lowest BCUT2D eigenvalue weighted by molar-refractivity contribution is -0.127. The minimum Gasteiger partial charge on any atom is -0.273 e. The molecule has 0 spiro atoms. The Kier molecular flexibility index (Phi) is 4.16. The summed E-state index contributed by atoms with van der Waals surface area (Å²) in [5.41, 5.74) is 6.56. The first-order valence-corrected chi connectivity index (χ1v) is 4.26. The highest BCUT2D eigenvalue weighted by Gasteiger charge is 2.24. The number of unbranched alkanes of at least 4 members (excludes halogenated alkanes) is 2. The number of hydrogen-bond acceptors (Lipinski definition) is 1. The van der Waals surface area contributed by atoms with Crippen LogP contribution in [0.25, 0.3) is 0 Å². The van der Waals surface area contributed by atoms with Gasteiger partial charge in [-0.05, 0) is 6.42 Å². The van der Waals surface area contributed by atoms with Crippen molar-refractivity contribution >= 4 is 5.91 Å². The lowest BCUT2D eigenvalue weighted by atomic mass is 9.86. The molecule has 0 aliphatic heterocycles. The molecule has 65 valence electrons. The van der Waals surface area contributed by atoms with Crippen LogP contribution in [0, 0.1) is 5.41 Å². The van der Waals surface area contributed by atoms with Crippen LogP contribution in [0.4, 0.5) is 0 Å². The molecule has 2 heteroatoms. The zero-order chi connectivity index (χ0) is 8.91. The Balaban J connectivity index is 3.64. The molecule has 0 rings (SSSR count). The third-order valence-electron chi connectivity index (χ3n) is 2.02. The quantitative estimate of drug-likeness (QED) is 0.563. The minimum absolute atomic E-state index is 0.421. The molecule has 2 nitrogen and oxygen atoms in total. The number of amides is 1. The summed E-state index contributed by atoms with van der Waals surface area (Å²) >= 11 is 0. The number of hydrogen-bond donors (Lipinski definition) is 0. The third-order valence-corrected chi connectivity index (χ3v) is 2.02. The van der Waals surface area contributed by atoms with Crippen LogP contribution in [0.2, 0.25) is 0 Å². The maximum absolute atomic E-state index is 10.7. The molecule has 0 saturated heterocycles. The molecule has 0 unspecified atom stereocenters. The van der Waals surface area contributed by atoms with E-state index >= 15 is 0 Å². The summed E-state index contributed by atoms with van der Waals surface area (Å²) in [6, 6.07) is 0. The van der Waals surface area contributed by atoms with E-state index in [1.807, 2.05) is 13.8 Å². The molecule has 0 saturated carbocycles. The Labute approximate surface area is 69.2 Å². The van der Waals surface area contributed by atoms with E-state index in [1.165, 1.54) is 6.42 Å². The standard InChI is InChI=1S/C9H18NO/c1-4-5-6-7-9(2,3)8(10)11/h10H,4-7H2,1-3H3. The number of carbonyl (C=O) groups excluding carboxylic acids is 1. The molecular weight excluding hydrogens is 138 g/mol. The van der Waals surface area contributed by atoms with E-state index in [4.69, 9.17) is 5.73 Å². The van der Waals surface area contributed by atoms with Gasteiger partial charge in [-0.2, -0.15) is 0 Å². The SMILES string of the molecule is CCCCCC(C)(C)C([NH])=O. The molecule has 0 aliphatic carbocycles. The Morgan fingerprint density at radius 1 is 1.36 bits per heavy atom. The van der Waals surface area contributed by atoms with Crippen LogP contribution < -0.4 is 5.73 Å². The molecule has 0 bridgehead atoms. The maximum Gasteiger partial charge on any atom is 0.244 e. The Morgan fingerprint density at radius 3 is 2.27 bits per heavy atom. The number of carbonyl (C=O) groups is 1. The molecular formula is C9H18NO. The highest BCUT2D eigenvalue weighted by molar-refractivity contribution is 5.79. The fourth-order valence-electron chi connectivity index (χ4n) is 0.930. The number of nitrogens with one attached hydrogen (secondary N) is 1. The molecule has 0 aliphatic rings. The average molecular weight is 156 g/mol. The minimum atomic E-state index is -0.436. The van der Waals surface area contributed by atoms with Crippen LogP contribution >= 0.6 is 0 Å². The van der Waals surface area contributed by atoms with Crippen molar-refractivity contribution in [2.75, 3.05) is 0 Å². The Hall–Kier alpha value is -0.530. The van der Waals surface area contributed by atoms with E-state index in [0.29, 0.717) is 0 Å². The van der Waals surface area contributed by atoms with Gasteiger partial charge in [0.15, 0.2) is 0 Å². The van der Waals surface area contributed by atoms with Gasteiger partial charge in [0.1, 0.15) is 0 Å². The Morgan fingerprint density at radius 2 is 1.91 bits per heavy atom. The van der Waals surface area contributed by atoms with Gasteiger partial charge in [-0.25, -0.2) is 0 Å². The predicted octanol–water partition coefficient (Wildman–Crippen LogP) is 2.40. The van der Waals surface area contributed by atoms with Crippen molar-refractivity contribution in [3.05, 3.63) is 0 Å². The predicted molar refractivity (Wildman–Crippen MR) is 46.0 cm³/mol. The normalized spacial score (nSPS) is 11.5. The molecule has 1 amide bonds. The molecule has 0 aromatic heterocycles. The fraction of sp³-hybridized carbons (Fsp3) is 0.889. The molecule has 1 N–H and O–H groups in total. The van der Waals surface area contributed by atoms with Crippen LogP contribution in [0.15, 0.2) is 0 Å². The third kappa shape index (κ3) is 4.02. The first kappa shape index (κ1) is 10.5. The topological polar surface area (TPSA) is 40.9 Å². The van der Waals surface area contributed by atoms with E-state index in [2.05, 4.69) is 6.92 Å². The molecule has 0 aromatic rings. The van der Waals surface area contributed by atoms with Gasteiger partial charge in [0.05, 0.1) is 0 Å². The van der Waals surface area contributed by atoms with Gasteiger partial charge in [-0.3, -0.25) is 10.5 Å². The van der Waals surface area contributed by atoms with Gasteiger partial charge in [-0.15, -0.1) is 0 Å². The van der Waals surface area contributed by atoms with Crippen molar-refractivity contribution in [1.82, 2.24) is 5.73 Å². The first-order chi connectivity index (χ1) is 5.00. The van der Waals surface area contributed by atoms with Crippen molar-refractivity contribution in [2.24, 2.45) is 5.41 Å². The maximum atomic E-state index is 10.7. The van der Waals surface area contributed by atoms with Crippen LogP contribution in [0.5, 0.6) is 0 Å². The zero-order valence-electron chi connectivity index (χ0n) is 7.74. The van der Waals surface area contributed by atoms with Crippen molar-refractivity contribution in [3.8, 4) is 0 Å². The summed E-state index contributed by atoms with van der Waals surface area (Å²) in [5, 5.41) is 0. The molecule has 11 heavy (non-hydrogen) atoms. The average Bonchev–Trinajstić information content (AvgIpc) is 1.88. The van der Waals surface area contributed by atoms with Gasteiger partial charge in [0.2, 0.25) is 5.91 Å². The van der Waals surface area contributed by atoms with Gasteiger partial charge in [-0.1, -0.05) is 40.0 Å².